The molecule has 3 rings (SSSR count). The van der Waals surface area contributed by atoms with Crippen LogP contribution in [-0.2, 0) is 27.5 Å². The van der Waals surface area contributed by atoms with Crippen molar-refractivity contribution in [2.45, 2.75) is 36.7 Å². The van der Waals surface area contributed by atoms with E-state index in [1.54, 1.807) is 12.1 Å². The first-order chi connectivity index (χ1) is 13.6. The number of halogens is 3. The zero-order valence-electron chi connectivity index (χ0n) is 15.7. The summed E-state index contributed by atoms with van der Waals surface area (Å²) < 4.78 is 65.5. The molecule has 2 heterocycles. The minimum atomic E-state index is -4.45. The van der Waals surface area contributed by atoms with E-state index in [4.69, 9.17) is 0 Å². The van der Waals surface area contributed by atoms with Crippen LogP contribution < -0.4 is 5.32 Å². The predicted molar refractivity (Wildman–Crippen MR) is 104 cm³/mol. The summed E-state index contributed by atoms with van der Waals surface area (Å²) in [6.45, 7) is 2.18. The highest BCUT2D eigenvalue weighted by Gasteiger charge is 2.34. The highest BCUT2D eigenvalue weighted by atomic mass is 32.2. The van der Waals surface area contributed by atoms with Crippen LogP contribution in [0.15, 0.2) is 40.6 Å². The molecule has 1 fully saturated rings. The number of carbonyl (C=O) groups excluding carboxylic acids is 1. The fourth-order valence-electron chi connectivity index (χ4n) is 3.24. The smallest absolute Gasteiger partial charge is 0.352 e. The van der Waals surface area contributed by atoms with Gasteiger partial charge in [-0.15, -0.1) is 11.3 Å². The zero-order valence-corrected chi connectivity index (χ0v) is 17.3. The third-order valence-electron chi connectivity index (χ3n) is 4.79. The van der Waals surface area contributed by atoms with E-state index >= 15 is 0 Å². The van der Waals surface area contributed by atoms with Crippen LogP contribution in [0.3, 0.4) is 0 Å². The van der Waals surface area contributed by atoms with Crippen molar-refractivity contribution in [1.82, 2.24) is 9.62 Å². The molecule has 1 N–H and O–H groups in total. The monoisotopic (exact) mass is 446 g/mol. The summed E-state index contributed by atoms with van der Waals surface area (Å²) in [6.07, 6.45) is -3.37. The molecule has 0 radical (unpaired) electrons. The Balaban J connectivity index is 1.63. The number of nitrogens with zero attached hydrogens (tertiary/aromatic N) is 1. The Morgan fingerprint density at radius 3 is 2.69 bits per heavy atom. The Labute approximate surface area is 171 Å². The predicted octanol–water partition coefficient (Wildman–Crippen LogP) is 3.79. The van der Waals surface area contributed by atoms with Crippen LogP contribution in [0.4, 0.5) is 13.2 Å². The van der Waals surface area contributed by atoms with Crippen LogP contribution in [0.2, 0.25) is 0 Å². The second kappa shape index (κ2) is 8.45. The van der Waals surface area contributed by atoms with Crippen molar-refractivity contribution >= 4 is 27.3 Å². The van der Waals surface area contributed by atoms with E-state index in [2.05, 4.69) is 5.32 Å². The van der Waals surface area contributed by atoms with Gasteiger partial charge in [-0.2, -0.15) is 17.5 Å². The van der Waals surface area contributed by atoms with Gasteiger partial charge in [0.05, 0.1) is 11.5 Å². The number of piperidine rings is 1. The largest absolute Gasteiger partial charge is 0.416 e. The van der Waals surface area contributed by atoms with Gasteiger partial charge in [-0.3, -0.25) is 4.79 Å². The van der Waals surface area contributed by atoms with Crippen molar-refractivity contribution in [3.8, 4) is 0 Å². The van der Waals surface area contributed by atoms with Crippen molar-refractivity contribution < 1.29 is 26.4 Å². The van der Waals surface area contributed by atoms with Crippen LogP contribution in [0, 0.1) is 12.8 Å². The molecule has 1 aromatic heterocycles. The van der Waals surface area contributed by atoms with E-state index in [-0.39, 0.29) is 23.2 Å². The normalized spacial score (nSPS) is 18.6. The molecule has 1 aliphatic heterocycles. The van der Waals surface area contributed by atoms with Crippen molar-refractivity contribution in [2.24, 2.45) is 5.92 Å². The van der Waals surface area contributed by atoms with Gasteiger partial charge >= 0.3 is 6.18 Å². The van der Waals surface area contributed by atoms with Gasteiger partial charge in [-0.25, -0.2) is 8.42 Å². The fraction of sp³-hybridized carbons (Fsp3) is 0.421. The van der Waals surface area contributed by atoms with E-state index < -0.39 is 27.7 Å². The van der Waals surface area contributed by atoms with Crippen molar-refractivity contribution in [1.29, 1.82) is 0 Å². The van der Waals surface area contributed by atoms with Crippen molar-refractivity contribution in [2.75, 3.05) is 13.1 Å². The molecule has 1 amide bonds. The molecule has 5 nitrogen and oxygen atoms in total. The topological polar surface area (TPSA) is 66.5 Å². The highest BCUT2D eigenvalue weighted by molar-refractivity contribution is 7.91. The van der Waals surface area contributed by atoms with E-state index in [0.29, 0.717) is 24.9 Å². The Bertz CT molecular complexity index is 987. The van der Waals surface area contributed by atoms with Gasteiger partial charge < -0.3 is 5.32 Å². The number of aryl methyl sites for hydroxylation is 1. The lowest BCUT2D eigenvalue weighted by atomic mass is 9.98. The van der Waals surface area contributed by atoms with Gasteiger partial charge in [0.1, 0.15) is 4.21 Å². The summed E-state index contributed by atoms with van der Waals surface area (Å²) in [5, 5.41) is 2.64. The minimum absolute atomic E-state index is 0.0455. The Morgan fingerprint density at radius 1 is 1.28 bits per heavy atom. The number of rotatable bonds is 5. The zero-order chi connectivity index (χ0) is 21.2. The molecule has 0 aliphatic carbocycles. The first-order valence-corrected chi connectivity index (χ1v) is 11.3. The Kier molecular flexibility index (Phi) is 6.35. The molecule has 0 bridgehead atoms. The molecule has 2 aromatic rings. The SMILES string of the molecule is Cc1ccc(S(=O)(=O)N2CCCC(C(=O)NCc3cccc(C(F)(F)F)c3)C2)s1. The molecule has 29 heavy (non-hydrogen) atoms. The second-order valence-electron chi connectivity index (χ2n) is 6.98. The van der Waals surface area contributed by atoms with Gasteiger partial charge in [0.15, 0.2) is 0 Å². The number of alkyl halides is 3. The lowest BCUT2D eigenvalue weighted by Gasteiger charge is -2.30. The minimum Gasteiger partial charge on any atom is -0.352 e. The lowest BCUT2D eigenvalue weighted by molar-refractivity contribution is -0.137. The molecular formula is C19H21F3N2O3S2. The van der Waals surface area contributed by atoms with Gasteiger partial charge in [0, 0.05) is 24.5 Å². The number of carbonyl (C=O) groups is 1. The van der Waals surface area contributed by atoms with Crippen LogP contribution in [0.25, 0.3) is 0 Å². The Hall–Kier alpha value is -1.91. The maximum Gasteiger partial charge on any atom is 0.416 e. The van der Waals surface area contributed by atoms with E-state index in [9.17, 15) is 26.4 Å². The number of benzene rings is 1. The van der Waals surface area contributed by atoms with Crippen LogP contribution in [-0.4, -0.2) is 31.7 Å². The summed E-state index contributed by atoms with van der Waals surface area (Å²) in [5.74, 6) is -0.893. The molecule has 158 valence electrons. The highest BCUT2D eigenvalue weighted by Crippen LogP contribution is 2.30. The van der Waals surface area contributed by atoms with Crippen LogP contribution >= 0.6 is 11.3 Å². The third kappa shape index (κ3) is 5.18. The molecule has 1 atom stereocenters. The van der Waals surface area contributed by atoms with Crippen molar-refractivity contribution in [3.63, 3.8) is 0 Å². The molecular weight excluding hydrogens is 425 g/mol. The molecule has 1 aromatic carbocycles. The molecule has 1 saturated heterocycles. The molecule has 0 saturated carbocycles. The van der Waals surface area contributed by atoms with E-state index in [0.717, 1.165) is 17.0 Å². The first-order valence-electron chi connectivity index (χ1n) is 9.08. The molecule has 1 unspecified atom stereocenters. The van der Waals surface area contributed by atoms with E-state index in [1.807, 2.05) is 6.92 Å². The molecule has 0 spiro atoms. The van der Waals surface area contributed by atoms with Gasteiger partial charge in [0.2, 0.25) is 5.91 Å². The maximum atomic E-state index is 12.8. The summed E-state index contributed by atoms with van der Waals surface area (Å²) >= 11 is 1.19. The number of sulfonamides is 1. The van der Waals surface area contributed by atoms with Crippen molar-refractivity contribution in [3.05, 3.63) is 52.4 Å². The maximum absolute atomic E-state index is 12.8. The van der Waals surface area contributed by atoms with Crippen LogP contribution in [0.1, 0.15) is 28.8 Å². The number of nitrogens with one attached hydrogen (secondary N) is 1. The van der Waals surface area contributed by atoms with Gasteiger partial charge in [-0.05, 0) is 49.6 Å². The molecule has 10 heteroatoms. The van der Waals surface area contributed by atoms with E-state index in [1.165, 1.54) is 27.8 Å². The van der Waals surface area contributed by atoms with Gasteiger partial charge in [-0.1, -0.05) is 12.1 Å². The number of hydrogen-bond acceptors (Lipinski definition) is 4. The number of hydrogen-bond donors (Lipinski definition) is 1. The third-order valence-corrected chi connectivity index (χ3v) is 8.12. The molecule has 1 aliphatic rings. The summed E-state index contributed by atoms with van der Waals surface area (Å²) in [5.41, 5.74) is -0.437. The summed E-state index contributed by atoms with van der Waals surface area (Å²) in [7, 11) is -3.65. The fourth-order valence-corrected chi connectivity index (χ4v) is 6.21. The number of amides is 1. The average Bonchev–Trinajstić information content (AvgIpc) is 3.13. The number of thiophene rings is 1. The summed E-state index contributed by atoms with van der Waals surface area (Å²) in [4.78, 5) is 13.4. The standard InChI is InChI=1S/C19H21F3N2O3S2/c1-13-7-8-17(28-13)29(26,27)24-9-3-5-15(12-24)18(25)23-11-14-4-2-6-16(10-14)19(20,21)22/h2,4,6-8,10,15H,3,5,9,11-12H2,1H3,(H,23,25). The second-order valence-corrected chi connectivity index (χ2v) is 10.4. The van der Waals surface area contributed by atoms with Gasteiger partial charge in [0.25, 0.3) is 10.0 Å². The average molecular weight is 447 g/mol. The summed E-state index contributed by atoms with van der Waals surface area (Å²) in [6, 6.07) is 8.07. The quantitative estimate of drug-likeness (QED) is 0.760. The first kappa shape index (κ1) is 21.8. The Morgan fingerprint density at radius 2 is 2.03 bits per heavy atom. The lowest BCUT2D eigenvalue weighted by Crippen LogP contribution is -2.45. The van der Waals surface area contributed by atoms with Crippen LogP contribution in [0.5, 0.6) is 0 Å².